The first-order valence-electron chi connectivity index (χ1n) is 6.87. The zero-order chi connectivity index (χ0) is 12.0. The number of ether oxygens (including phenoxy) is 1. The monoisotopic (exact) mass is 228 g/mol. The van der Waals surface area contributed by atoms with Crippen molar-refractivity contribution in [2.24, 2.45) is 17.8 Å². The lowest BCUT2D eigenvalue weighted by atomic mass is 9.75. The first kappa shape index (κ1) is 14.0. The van der Waals surface area contributed by atoms with E-state index in [0.717, 1.165) is 37.2 Å². The van der Waals surface area contributed by atoms with Crippen LogP contribution in [0.3, 0.4) is 0 Å². The summed E-state index contributed by atoms with van der Waals surface area (Å²) in [6.07, 6.45) is 6.23. The van der Waals surface area contributed by atoms with Crippen LogP contribution in [-0.4, -0.2) is 24.4 Å². The highest BCUT2D eigenvalue weighted by molar-refractivity contribution is 4.81. The Labute approximate surface area is 100 Å². The second kappa shape index (κ2) is 7.29. The highest BCUT2D eigenvalue weighted by Crippen LogP contribution is 2.35. The van der Waals surface area contributed by atoms with Crippen molar-refractivity contribution in [1.29, 1.82) is 0 Å². The zero-order valence-electron chi connectivity index (χ0n) is 11.1. The number of aliphatic hydroxyl groups excluding tert-OH is 1. The van der Waals surface area contributed by atoms with E-state index < -0.39 is 0 Å². The van der Waals surface area contributed by atoms with Crippen LogP contribution in [0, 0.1) is 17.8 Å². The first-order valence-corrected chi connectivity index (χ1v) is 6.87. The minimum Gasteiger partial charge on any atom is -0.396 e. The molecule has 0 unspecified atom stereocenters. The molecule has 0 spiro atoms. The Balaban J connectivity index is 2.33. The van der Waals surface area contributed by atoms with Crippen molar-refractivity contribution in [1.82, 2.24) is 0 Å². The molecule has 0 saturated heterocycles. The number of hydrogen-bond donors (Lipinski definition) is 1. The smallest absolute Gasteiger partial charge is 0.0608 e. The summed E-state index contributed by atoms with van der Waals surface area (Å²) >= 11 is 0. The summed E-state index contributed by atoms with van der Waals surface area (Å²) < 4.78 is 6.02. The van der Waals surface area contributed by atoms with Crippen LogP contribution in [-0.2, 0) is 4.74 Å². The van der Waals surface area contributed by atoms with Gasteiger partial charge in [0.1, 0.15) is 0 Å². The standard InChI is InChI=1S/C14H28O2/c1-11(2)13-7-6-12(3)10-14(13)16-9-5-4-8-15/h11-15H,4-10H2,1-3H3/t12-,13+,14-/m0/s1. The van der Waals surface area contributed by atoms with Crippen molar-refractivity contribution in [2.45, 2.75) is 59.0 Å². The molecule has 1 saturated carbocycles. The number of aliphatic hydroxyl groups is 1. The van der Waals surface area contributed by atoms with E-state index in [4.69, 9.17) is 9.84 Å². The molecule has 1 rings (SSSR count). The van der Waals surface area contributed by atoms with Crippen LogP contribution in [0.15, 0.2) is 0 Å². The molecule has 1 fully saturated rings. The van der Waals surface area contributed by atoms with Crippen molar-refractivity contribution in [3.05, 3.63) is 0 Å². The van der Waals surface area contributed by atoms with Crippen molar-refractivity contribution in [2.75, 3.05) is 13.2 Å². The van der Waals surface area contributed by atoms with Crippen molar-refractivity contribution >= 4 is 0 Å². The number of rotatable bonds is 6. The summed E-state index contributed by atoms with van der Waals surface area (Å²) in [7, 11) is 0. The highest BCUT2D eigenvalue weighted by Gasteiger charge is 2.30. The predicted molar refractivity (Wildman–Crippen MR) is 67.4 cm³/mol. The molecule has 96 valence electrons. The van der Waals surface area contributed by atoms with E-state index in [2.05, 4.69) is 20.8 Å². The molecule has 2 heteroatoms. The molecule has 0 heterocycles. The van der Waals surface area contributed by atoms with Crippen LogP contribution in [0.25, 0.3) is 0 Å². The van der Waals surface area contributed by atoms with Crippen LogP contribution in [0.1, 0.15) is 52.9 Å². The highest BCUT2D eigenvalue weighted by atomic mass is 16.5. The molecule has 0 aromatic carbocycles. The Morgan fingerprint density at radius 3 is 2.62 bits per heavy atom. The fraction of sp³-hybridized carbons (Fsp3) is 1.00. The normalized spacial score (nSPS) is 30.9. The number of unbranched alkanes of at least 4 members (excludes halogenated alkanes) is 1. The van der Waals surface area contributed by atoms with Gasteiger partial charge in [-0.2, -0.15) is 0 Å². The van der Waals surface area contributed by atoms with Gasteiger partial charge in [0.05, 0.1) is 6.10 Å². The molecule has 16 heavy (non-hydrogen) atoms. The lowest BCUT2D eigenvalue weighted by Crippen LogP contribution is -2.34. The van der Waals surface area contributed by atoms with Crippen LogP contribution in [0.2, 0.25) is 0 Å². The Hall–Kier alpha value is -0.0800. The third-order valence-corrected chi connectivity index (χ3v) is 3.85. The van der Waals surface area contributed by atoms with E-state index in [1.165, 1.54) is 19.3 Å². The van der Waals surface area contributed by atoms with Crippen LogP contribution < -0.4 is 0 Å². The van der Waals surface area contributed by atoms with Crippen LogP contribution in [0.5, 0.6) is 0 Å². The zero-order valence-corrected chi connectivity index (χ0v) is 11.1. The van der Waals surface area contributed by atoms with Gasteiger partial charge in [0.15, 0.2) is 0 Å². The summed E-state index contributed by atoms with van der Waals surface area (Å²) in [5, 5.41) is 8.73. The largest absolute Gasteiger partial charge is 0.396 e. The van der Waals surface area contributed by atoms with Crippen molar-refractivity contribution in [3.8, 4) is 0 Å². The van der Waals surface area contributed by atoms with Gasteiger partial charge in [-0.05, 0) is 43.4 Å². The minimum atomic E-state index is 0.290. The minimum absolute atomic E-state index is 0.290. The molecule has 1 aliphatic rings. The lowest BCUT2D eigenvalue weighted by Gasteiger charge is -2.37. The molecule has 3 atom stereocenters. The van der Waals surface area contributed by atoms with Crippen LogP contribution in [0.4, 0.5) is 0 Å². The predicted octanol–water partition coefficient (Wildman–Crippen LogP) is 3.24. The van der Waals surface area contributed by atoms with Crippen molar-refractivity contribution in [3.63, 3.8) is 0 Å². The first-order chi connectivity index (χ1) is 7.65. The second-order valence-electron chi connectivity index (χ2n) is 5.67. The van der Waals surface area contributed by atoms with Gasteiger partial charge in [-0.25, -0.2) is 0 Å². The molecule has 2 nitrogen and oxygen atoms in total. The molecule has 0 aromatic heterocycles. The van der Waals surface area contributed by atoms with E-state index in [1.807, 2.05) is 0 Å². The van der Waals surface area contributed by atoms with E-state index in [-0.39, 0.29) is 6.61 Å². The average Bonchev–Trinajstić information content (AvgIpc) is 2.24. The molecule has 0 amide bonds. The number of hydrogen-bond acceptors (Lipinski definition) is 2. The van der Waals surface area contributed by atoms with Gasteiger partial charge in [-0.3, -0.25) is 0 Å². The van der Waals surface area contributed by atoms with E-state index in [1.54, 1.807) is 0 Å². The van der Waals surface area contributed by atoms with Gasteiger partial charge < -0.3 is 9.84 Å². The summed E-state index contributed by atoms with van der Waals surface area (Å²) in [5.41, 5.74) is 0. The fourth-order valence-electron chi connectivity index (χ4n) is 2.75. The fourth-order valence-corrected chi connectivity index (χ4v) is 2.75. The Bertz CT molecular complexity index is 180. The van der Waals surface area contributed by atoms with Crippen LogP contribution >= 0.6 is 0 Å². The van der Waals surface area contributed by atoms with Crippen molar-refractivity contribution < 1.29 is 9.84 Å². The maximum atomic E-state index is 8.73. The van der Waals surface area contributed by atoms with Gasteiger partial charge in [0.25, 0.3) is 0 Å². The maximum Gasteiger partial charge on any atom is 0.0608 e. The maximum absolute atomic E-state index is 8.73. The topological polar surface area (TPSA) is 29.5 Å². The van der Waals surface area contributed by atoms with E-state index in [9.17, 15) is 0 Å². The summed E-state index contributed by atoms with van der Waals surface area (Å²) in [5.74, 6) is 2.29. The quantitative estimate of drug-likeness (QED) is 0.707. The molecule has 0 radical (unpaired) electrons. The molecule has 0 aliphatic heterocycles. The van der Waals surface area contributed by atoms with Gasteiger partial charge in [0.2, 0.25) is 0 Å². The SMILES string of the molecule is CC(C)[C@H]1CC[C@H](C)C[C@@H]1OCCCCO. The molecule has 0 aromatic rings. The molecular weight excluding hydrogens is 200 g/mol. The molecule has 1 N–H and O–H groups in total. The second-order valence-corrected chi connectivity index (χ2v) is 5.67. The Kier molecular flexibility index (Phi) is 6.37. The van der Waals surface area contributed by atoms with E-state index >= 15 is 0 Å². The average molecular weight is 228 g/mol. The third kappa shape index (κ3) is 4.42. The summed E-state index contributed by atoms with van der Waals surface area (Å²) in [6, 6.07) is 0. The molecule has 1 aliphatic carbocycles. The van der Waals surface area contributed by atoms with E-state index in [0.29, 0.717) is 6.10 Å². The Morgan fingerprint density at radius 1 is 1.25 bits per heavy atom. The lowest BCUT2D eigenvalue weighted by molar-refractivity contribution is -0.0400. The molecule has 0 bridgehead atoms. The summed E-state index contributed by atoms with van der Waals surface area (Å²) in [4.78, 5) is 0. The van der Waals surface area contributed by atoms with Gasteiger partial charge >= 0.3 is 0 Å². The third-order valence-electron chi connectivity index (χ3n) is 3.85. The summed E-state index contributed by atoms with van der Waals surface area (Å²) in [6.45, 7) is 8.06. The molecular formula is C14H28O2. The van der Waals surface area contributed by atoms with Gasteiger partial charge in [-0.1, -0.05) is 27.2 Å². The Morgan fingerprint density at radius 2 is 2.00 bits per heavy atom. The van der Waals surface area contributed by atoms with Gasteiger partial charge in [-0.15, -0.1) is 0 Å². The van der Waals surface area contributed by atoms with Gasteiger partial charge in [0, 0.05) is 13.2 Å².